The van der Waals surface area contributed by atoms with Gasteiger partial charge in [0.05, 0.1) is 19.8 Å². The topological polar surface area (TPSA) is 41.8 Å². The number of ether oxygens (including phenoxy) is 1. The van der Waals surface area contributed by atoms with Gasteiger partial charge >= 0.3 is 0 Å². The van der Waals surface area contributed by atoms with Crippen LogP contribution in [0.1, 0.15) is 5.56 Å². The Hall–Kier alpha value is -1.45. The molecule has 0 bridgehead atoms. The molecule has 0 heterocycles. The van der Waals surface area contributed by atoms with Crippen molar-refractivity contribution < 1.29 is 9.84 Å². The number of nitrogens with zero attached hydrogens (tertiary/aromatic N) is 1. The van der Waals surface area contributed by atoms with Gasteiger partial charge in [0.1, 0.15) is 6.10 Å². The zero-order valence-electron chi connectivity index (χ0n) is 9.25. The third-order valence-electron chi connectivity index (χ3n) is 2.00. The van der Waals surface area contributed by atoms with Crippen LogP contribution in [0.4, 0.5) is 0 Å². The molecule has 0 aliphatic heterocycles. The molecule has 0 aliphatic carbocycles. The molecule has 1 aromatic carbocycles. The fraction of sp³-hybridized carbons (Fsp3) is 0.308. The molecule has 1 unspecified atom stereocenters. The van der Waals surface area contributed by atoms with Gasteiger partial charge in [-0.2, -0.15) is 0 Å². The molecule has 1 N–H and O–H groups in total. The molecule has 3 heteroatoms. The molecule has 0 aromatic heterocycles. The van der Waals surface area contributed by atoms with Crippen LogP contribution >= 0.6 is 0 Å². The van der Waals surface area contributed by atoms with E-state index < -0.39 is 0 Å². The highest BCUT2D eigenvalue weighted by atomic mass is 16.5. The molecular formula is C13H17NO2. The Morgan fingerprint density at radius 3 is 2.75 bits per heavy atom. The van der Waals surface area contributed by atoms with Crippen molar-refractivity contribution in [3.63, 3.8) is 0 Å². The Morgan fingerprint density at radius 2 is 2.12 bits per heavy atom. The molecule has 0 aliphatic rings. The van der Waals surface area contributed by atoms with E-state index in [2.05, 4.69) is 11.6 Å². The van der Waals surface area contributed by atoms with Crippen LogP contribution in [0.3, 0.4) is 0 Å². The van der Waals surface area contributed by atoms with Crippen molar-refractivity contribution in [1.29, 1.82) is 0 Å². The standard InChI is InChI=1S/C13H17NO2/c1-2-8-16-13(11-15)10-14-9-12-6-4-3-5-7-12/h2-7,9,13,15H,1,8,10-11H2/b14-9+. The first-order chi connectivity index (χ1) is 7.86. The second-order valence-electron chi connectivity index (χ2n) is 3.33. The zero-order valence-corrected chi connectivity index (χ0v) is 9.25. The van der Waals surface area contributed by atoms with Crippen molar-refractivity contribution in [1.82, 2.24) is 0 Å². The summed E-state index contributed by atoms with van der Waals surface area (Å²) in [6.45, 7) is 4.42. The molecule has 0 saturated carbocycles. The normalized spacial score (nSPS) is 12.8. The summed E-state index contributed by atoms with van der Waals surface area (Å²) in [5.41, 5.74) is 1.04. The monoisotopic (exact) mass is 219 g/mol. The van der Waals surface area contributed by atoms with Crippen LogP contribution in [0.2, 0.25) is 0 Å². The van der Waals surface area contributed by atoms with E-state index in [1.54, 1.807) is 12.3 Å². The summed E-state index contributed by atoms with van der Waals surface area (Å²) in [7, 11) is 0. The Bertz CT molecular complexity index is 322. The second-order valence-corrected chi connectivity index (χ2v) is 3.33. The lowest BCUT2D eigenvalue weighted by molar-refractivity contribution is 0.0351. The number of hydrogen-bond acceptors (Lipinski definition) is 3. The minimum absolute atomic E-state index is 0.0278. The lowest BCUT2D eigenvalue weighted by Gasteiger charge is -2.10. The first-order valence-electron chi connectivity index (χ1n) is 5.25. The highest BCUT2D eigenvalue weighted by molar-refractivity contribution is 5.79. The second kappa shape index (κ2) is 7.79. The van der Waals surface area contributed by atoms with Gasteiger partial charge in [0.15, 0.2) is 0 Å². The third kappa shape index (κ3) is 4.87. The lowest BCUT2D eigenvalue weighted by atomic mass is 10.2. The number of hydrogen-bond donors (Lipinski definition) is 1. The Kier molecular flexibility index (Phi) is 6.15. The van der Waals surface area contributed by atoms with E-state index in [4.69, 9.17) is 9.84 Å². The first-order valence-corrected chi connectivity index (χ1v) is 5.25. The van der Waals surface area contributed by atoms with Crippen LogP contribution in [0.5, 0.6) is 0 Å². The summed E-state index contributed by atoms with van der Waals surface area (Å²) in [5.74, 6) is 0. The highest BCUT2D eigenvalue weighted by Crippen LogP contribution is 1.96. The number of aliphatic hydroxyl groups is 1. The van der Waals surface area contributed by atoms with E-state index in [0.29, 0.717) is 13.2 Å². The van der Waals surface area contributed by atoms with Crippen LogP contribution in [-0.2, 0) is 4.74 Å². The molecule has 16 heavy (non-hydrogen) atoms. The van der Waals surface area contributed by atoms with Crippen LogP contribution < -0.4 is 0 Å². The number of rotatable bonds is 7. The van der Waals surface area contributed by atoms with Crippen LogP contribution in [0.15, 0.2) is 48.0 Å². The molecule has 0 radical (unpaired) electrons. The Labute approximate surface area is 96.1 Å². The van der Waals surface area contributed by atoms with Crippen LogP contribution in [0, 0.1) is 0 Å². The molecule has 0 saturated heterocycles. The van der Waals surface area contributed by atoms with Gasteiger partial charge in [-0.25, -0.2) is 0 Å². The summed E-state index contributed by atoms with van der Waals surface area (Å²) < 4.78 is 5.30. The van der Waals surface area contributed by atoms with Gasteiger partial charge in [0, 0.05) is 6.21 Å². The SMILES string of the molecule is C=CCOC(CO)C/N=C/c1ccccc1. The molecule has 1 rings (SSSR count). The predicted octanol–water partition coefficient (Wildman–Crippen LogP) is 1.67. The molecule has 0 fully saturated rings. The molecule has 1 aromatic rings. The minimum atomic E-state index is -0.252. The summed E-state index contributed by atoms with van der Waals surface area (Å²) >= 11 is 0. The van der Waals surface area contributed by atoms with Gasteiger partial charge in [-0.3, -0.25) is 4.99 Å². The van der Waals surface area contributed by atoms with Crippen LogP contribution in [0.25, 0.3) is 0 Å². The maximum Gasteiger partial charge on any atom is 0.100 e. The fourth-order valence-corrected chi connectivity index (χ4v) is 1.18. The largest absolute Gasteiger partial charge is 0.394 e. The summed E-state index contributed by atoms with van der Waals surface area (Å²) in [4.78, 5) is 4.22. The summed E-state index contributed by atoms with van der Waals surface area (Å²) in [6, 6.07) is 9.82. The van der Waals surface area contributed by atoms with Crippen molar-refractivity contribution >= 4 is 6.21 Å². The minimum Gasteiger partial charge on any atom is -0.394 e. The summed E-state index contributed by atoms with van der Waals surface area (Å²) in [5, 5.41) is 9.02. The first kappa shape index (κ1) is 12.6. The molecular weight excluding hydrogens is 202 g/mol. The molecule has 0 spiro atoms. The average Bonchev–Trinajstić information content (AvgIpc) is 2.35. The van der Waals surface area contributed by atoms with E-state index in [1.807, 2.05) is 30.3 Å². The van der Waals surface area contributed by atoms with Gasteiger partial charge < -0.3 is 9.84 Å². The van der Waals surface area contributed by atoms with Gasteiger partial charge in [-0.15, -0.1) is 6.58 Å². The number of aliphatic imine (C=N–C) groups is 1. The van der Waals surface area contributed by atoms with Gasteiger partial charge in [-0.1, -0.05) is 36.4 Å². The highest BCUT2D eigenvalue weighted by Gasteiger charge is 2.04. The van der Waals surface area contributed by atoms with E-state index in [9.17, 15) is 0 Å². The fourth-order valence-electron chi connectivity index (χ4n) is 1.18. The van der Waals surface area contributed by atoms with Crippen molar-refractivity contribution in [2.24, 2.45) is 4.99 Å². The van der Waals surface area contributed by atoms with E-state index >= 15 is 0 Å². The third-order valence-corrected chi connectivity index (χ3v) is 2.00. The molecule has 86 valence electrons. The van der Waals surface area contributed by atoms with Crippen molar-refractivity contribution in [2.45, 2.75) is 6.10 Å². The smallest absolute Gasteiger partial charge is 0.100 e. The summed E-state index contributed by atoms with van der Waals surface area (Å²) in [6.07, 6.45) is 3.18. The van der Waals surface area contributed by atoms with Crippen molar-refractivity contribution in [3.8, 4) is 0 Å². The zero-order chi connectivity index (χ0) is 11.6. The van der Waals surface area contributed by atoms with Gasteiger partial charge in [-0.05, 0) is 5.56 Å². The number of benzene rings is 1. The lowest BCUT2D eigenvalue weighted by Crippen LogP contribution is -2.21. The van der Waals surface area contributed by atoms with Crippen LogP contribution in [-0.4, -0.2) is 37.2 Å². The Balaban J connectivity index is 2.37. The molecule has 0 amide bonds. The predicted molar refractivity (Wildman–Crippen MR) is 65.9 cm³/mol. The average molecular weight is 219 g/mol. The quantitative estimate of drug-likeness (QED) is 0.560. The van der Waals surface area contributed by atoms with E-state index in [0.717, 1.165) is 5.56 Å². The van der Waals surface area contributed by atoms with E-state index in [1.165, 1.54) is 0 Å². The molecule has 3 nitrogen and oxygen atoms in total. The van der Waals surface area contributed by atoms with Crippen molar-refractivity contribution in [2.75, 3.05) is 19.8 Å². The maximum absolute atomic E-state index is 9.02. The number of aliphatic hydroxyl groups excluding tert-OH is 1. The molecule has 1 atom stereocenters. The Morgan fingerprint density at radius 1 is 1.38 bits per heavy atom. The van der Waals surface area contributed by atoms with E-state index in [-0.39, 0.29) is 12.7 Å². The van der Waals surface area contributed by atoms with Gasteiger partial charge in [0.2, 0.25) is 0 Å². The maximum atomic E-state index is 9.02. The van der Waals surface area contributed by atoms with Crippen molar-refractivity contribution in [3.05, 3.63) is 48.6 Å². The van der Waals surface area contributed by atoms with Gasteiger partial charge in [0.25, 0.3) is 0 Å².